The highest BCUT2D eigenvalue weighted by Gasteiger charge is 2.27. The molecular formula is C14H23N5O3S. The fourth-order valence-electron chi connectivity index (χ4n) is 3.24. The number of aliphatic hydroxyl groups is 1. The summed E-state index contributed by atoms with van der Waals surface area (Å²) in [5, 5.41) is 9.46. The van der Waals surface area contributed by atoms with Crippen LogP contribution in [0.5, 0.6) is 0 Å². The van der Waals surface area contributed by atoms with Gasteiger partial charge in [-0.2, -0.15) is 4.31 Å². The van der Waals surface area contributed by atoms with Crippen LogP contribution in [-0.4, -0.2) is 79.4 Å². The zero-order chi connectivity index (χ0) is 16.4. The lowest BCUT2D eigenvalue weighted by Gasteiger charge is -2.34. The molecule has 23 heavy (non-hydrogen) atoms. The van der Waals surface area contributed by atoms with Crippen LogP contribution in [0.25, 0.3) is 0 Å². The van der Waals surface area contributed by atoms with E-state index in [-0.39, 0.29) is 12.6 Å². The fourth-order valence-corrected chi connectivity index (χ4v) is 4.07. The molecular weight excluding hydrogens is 318 g/mol. The second-order valence-corrected chi connectivity index (χ2v) is 8.04. The van der Waals surface area contributed by atoms with Crippen LogP contribution in [0.2, 0.25) is 0 Å². The van der Waals surface area contributed by atoms with Crippen LogP contribution in [0.15, 0.2) is 12.4 Å². The van der Waals surface area contributed by atoms with Gasteiger partial charge in [0.25, 0.3) is 0 Å². The van der Waals surface area contributed by atoms with Crippen molar-refractivity contribution in [2.45, 2.75) is 18.9 Å². The van der Waals surface area contributed by atoms with Crippen molar-refractivity contribution < 1.29 is 13.5 Å². The number of hydrogen-bond donors (Lipinski definition) is 1. The predicted octanol–water partition coefficient (Wildman–Crippen LogP) is -0.481. The lowest BCUT2D eigenvalue weighted by molar-refractivity contribution is 0.266. The minimum atomic E-state index is -3.13. The summed E-state index contributed by atoms with van der Waals surface area (Å²) >= 11 is 0. The van der Waals surface area contributed by atoms with E-state index in [1.807, 2.05) is 6.07 Å². The van der Waals surface area contributed by atoms with E-state index in [2.05, 4.69) is 19.8 Å². The van der Waals surface area contributed by atoms with Crippen LogP contribution < -0.4 is 9.80 Å². The normalized spacial score (nSPS) is 23.5. The maximum atomic E-state index is 11.6. The van der Waals surface area contributed by atoms with Crippen molar-refractivity contribution >= 4 is 21.7 Å². The van der Waals surface area contributed by atoms with E-state index in [9.17, 15) is 13.5 Å². The molecule has 1 aromatic heterocycles. The molecule has 8 nitrogen and oxygen atoms in total. The Labute approximate surface area is 136 Å². The van der Waals surface area contributed by atoms with Gasteiger partial charge in [-0.15, -0.1) is 0 Å². The smallest absolute Gasteiger partial charge is 0.211 e. The summed E-state index contributed by atoms with van der Waals surface area (Å²) in [7, 11) is -3.13. The molecule has 0 amide bonds. The molecule has 2 fully saturated rings. The summed E-state index contributed by atoms with van der Waals surface area (Å²) in [6, 6.07) is 2.06. The molecule has 0 bridgehead atoms. The van der Waals surface area contributed by atoms with Crippen molar-refractivity contribution in [2.75, 3.05) is 55.4 Å². The van der Waals surface area contributed by atoms with Crippen LogP contribution in [0, 0.1) is 0 Å². The Bertz CT molecular complexity index is 646. The van der Waals surface area contributed by atoms with Gasteiger partial charge in [0, 0.05) is 38.8 Å². The van der Waals surface area contributed by atoms with E-state index in [1.165, 1.54) is 10.6 Å². The lowest BCUT2D eigenvalue weighted by atomic mass is 10.2. The molecule has 0 spiro atoms. The molecule has 128 valence electrons. The van der Waals surface area contributed by atoms with Gasteiger partial charge in [0.2, 0.25) is 10.0 Å². The fraction of sp³-hybridized carbons (Fsp3) is 0.714. The standard InChI is InChI=1S/C14H23N5O3S/c1-23(21,22)18-7-5-17(6-8-18)13-9-14(16-11-15-13)19-4-2-3-12(19)10-20/h9,11-12,20H,2-8,10H2,1H3/t12-/m0/s1. The Kier molecular flexibility index (Phi) is 4.69. The topological polar surface area (TPSA) is 89.9 Å². The average molecular weight is 341 g/mol. The van der Waals surface area contributed by atoms with Gasteiger partial charge in [0.05, 0.1) is 18.9 Å². The zero-order valence-electron chi connectivity index (χ0n) is 13.3. The van der Waals surface area contributed by atoms with Crippen molar-refractivity contribution in [3.8, 4) is 0 Å². The highest BCUT2D eigenvalue weighted by Crippen LogP contribution is 2.26. The Balaban J connectivity index is 1.71. The van der Waals surface area contributed by atoms with Crippen LogP contribution in [0.3, 0.4) is 0 Å². The van der Waals surface area contributed by atoms with Crippen molar-refractivity contribution in [1.82, 2.24) is 14.3 Å². The van der Waals surface area contributed by atoms with Gasteiger partial charge in [-0.3, -0.25) is 0 Å². The minimum Gasteiger partial charge on any atom is -0.394 e. The Morgan fingerprint density at radius 1 is 1.17 bits per heavy atom. The number of nitrogens with zero attached hydrogens (tertiary/aromatic N) is 5. The van der Waals surface area contributed by atoms with E-state index >= 15 is 0 Å². The van der Waals surface area contributed by atoms with Gasteiger partial charge in [0.1, 0.15) is 18.0 Å². The van der Waals surface area contributed by atoms with E-state index < -0.39 is 10.0 Å². The summed E-state index contributed by atoms with van der Waals surface area (Å²) in [5.41, 5.74) is 0. The molecule has 0 aliphatic carbocycles. The maximum absolute atomic E-state index is 11.6. The summed E-state index contributed by atoms with van der Waals surface area (Å²) in [4.78, 5) is 12.9. The Morgan fingerprint density at radius 2 is 1.87 bits per heavy atom. The number of sulfonamides is 1. The molecule has 0 aromatic carbocycles. The Morgan fingerprint density at radius 3 is 2.52 bits per heavy atom. The summed E-state index contributed by atoms with van der Waals surface area (Å²) in [5.74, 6) is 1.64. The first-order chi connectivity index (χ1) is 11.0. The van der Waals surface area contributed by atoms with Gasteiger partial charge in [0.15, 0.2) is 0 Å². The molecule has 1 atom stereocenters. The lowest BCUT2D eigenvalue weighted by Crippen LogP contribution is -2.48. The highest BCUT2D eigenvalue weighted by molar-refractivity contribution is 7.88. The minimum absolute atomic E-state index is 0.125. The zero-order valence-corrected chi connectivity index (χ0v) is 14.1. The van der Waals surface area contributed by atoms with Gasteiger partial charge in [-0.1, -0.05) is 0 Å². The summed E-state index contributed by atoms with van der Waals surface area (Å²) < 4.78 is 24.7. The largest absolute Gasteiger partial charge is 0.394 e. The first-order valence-corrected chi connectivity index (χ1v) is 9.73. The van der Waals surface area contributed by atoms with Gasteiger partial charge in [-0.25, -0.2) is 18.4 Å². The number of rotatable bonds is 4. The number of piperazine rings is 1. The number of hydrogen-bond acceptors (Lipinski definition) is 7. The van der Waals surface area contributed by atoms with Crippen molar-refractivity contribution in [3.63, 3.8) is 0 Å². The van der Waals surface area contributed by atoms with Gasteiger partial charge >= 0.3 is 0 Å². The van der Waals surface area contributed by atoms with E-state index in [4.69, 9.17) is 0 Å². The monoisotopic (exact) mass is 341 g/mol. The van der Waals surface area contributed by atoms with Crippen LogP contribution in [0.4, 0.5) is 11.6 Å². The molecule has 0 radical (unpaired) electrons. The number of aliphatic hydroxyl groups excluding tert-OH is 1. The van der Waals surface area contributed by atoms with Crippen LogP contribution >= 0.6 is 0 Å². The number of anilines is 2. The molecule has 0 unspecified atom stereocenters. The third-order valence-electron chi connectivity index (χ3n) is 4.55. The molecule has 1 N–H and O–H groups in total. The molecule has 0 saturated carbocycles. The van der Waals surface area contributed by atoms with Crippen molar-refractivity contribution in [3.05, 3.63) is 12.4 Å². The van der Waals surface area contributed by atoms with Crippen molar-refractivity contribution in [2.24, 2.45) is 0 Å². The third kappa shape index (κ3) is 3.56. The molecule has 1 aromatic rings. The second-order valence-electron chi connectivity index (χ2n) is 6.06. The molecule has 3 heterocycles. The average Bonchev–Trinajstić information content (AvgIpc) is 3.03. The van der Waals surface area contributed by atoms with E-state index in [0.29, 0.717) is 26.2 Å². The predicted molar refractivity (Wildman–Crippen MR) is 88.1 cm³/mol. The maximum Gasteiger partial charge on any atom is 0.211 e. The first-order valence-electron chi connectivity index (χ1n) is 7.88. The number of aromatic nitrogens is 2. The highest BCUT2D eigenvalue weighted by atomic mass is 32.2. The summed E-state index contributed by atoms with van der Waals surface area (Å²) in [6.07, 6.45) is 4.81. The van der Waals surface area contributed by atoms with Crippen LogP contribution in [0.1, 0.15) is 12.8 Å². The van der Waals surface area contributed by atoms with Crippen LogP contribution in [-0.2, 0) is 10.0 Å². The Hall–Kier alpha value is -1.45. The molecule has 2 aliphatic heterocycles. The van der Waals surface area contributed by atoms with Crippen molar-refractivity contribution in [1.29, 1.82) is 0 Å². The third-order valence-corrected chi connectivity index (χ3v) is 5.86. The van der Waals surface area contributed by atoms with Gasteiger partial charge in [-0.05, 0) is 12.8 Å². The SMILES string of the molecule is CS(=O)(=O)N1CCN(c2cc(N3CCC[C@H]3CO)ncn2)CC1. The second kappa shape index (κ2) is 6.58. The molecule has 9 heteroatoms. The quantitative estimate of drug-likeness (QED) is 0.791. The summed E-state index contributed by atoms with van der Waals surface area (Å²) in [6.45, 7) is 3.21. The first kappa shape index (κ1) is 16.4. The molecule has 2 aliphatic rings. The van der Waals surface area contributed by atoms with Gasteiger partial charge < -0.3 is 14.9 Å². The molecule has 3 rings (SSSR count). The van der Waals surface area contributed by atoms with E-state index in [0.717, 1.165) is 31.0 Å². The van der Waals surface area contributed by atoms with E-state index in [1.54, 1.807) is 6.33 Å². The molecule has 2 saturated heterocycles.